The highest BCUT2D eigenvalue weighted by Crippen LogP contribution is 2.34. The average molecular weight is 490 g/mol. The van der Waals surface area contributed by atoms with Crippen LogP contribution in [0.25, 0.3) is 0 Å². The number of hydrogen-bond acceptors (Lipinski definition) is 4. The van der Waals surface area contributed by atoms with Crippen LogP contribution in [0.5, 0.6) is 0 Å². The summed E-state index contributed by atoms with van der Waals surface area (Å²) in [6.45, 7) is 3.90. The van der Waals surface area contributed by atoms with Crippen molar-refractivity contribution >= 4 is 27.5 Å². The number of anilines is 1. The summed E-state index contributed by atoms with van der Waals surface area (Å²) in [5, 5.41) is 3.28. The van der Waals surface area contributed by atoms with E-state index in [1.807, 2.05) is 6.92 Å². The van der Waals surface area contributed by atoms with E-state index in [-0.39, 0.29) is 34.6 Å². The average Bonchev–Trinajstić information content (AvgIpc) is 2.94. The van der Waals surface area contributed by atoms with E-state index in [4.69, 9.17) is 0 Å². The van der Waals surface area contributed by atoms with Crippen molar-refractivity contribution in [2.24, 2.45) is 11.8 Å². The lowest BCUT2D eigenvalue weighted by atomic mass is 9.81. The number of sulfonamides is 1. The van der Waals surface area contributed by atoms with E-state index in [1.54, 1.807) is 23.1 Å². The molecule has 4 rings (SSSR count). The second-order valence-corrected chi connectivity index (χ2v) is 12.3. The van der Waals surface area contributed by atoms with E-state index < -0.39 is 10.0 Å². The Morgan fingerprint density at radius 2 is 1.68 bits per heavy atom. The SMILES string of the molecule is CC(=O)N1c2ccc(S(=O)(=O)NCC3CCC(C(=O)NC4CCCCCC4)CC3)cc2CC1C. The van der Waals surface area contributed by atoms with Gasteiger partial charge in [0.05, 0.1) is 4.90 Å². The second-order valence-electron chi connectivity index (χ2n) is 10.5. The Balaban J connectivity index is 1.27. The van der Waals surface area contributed by atoms with Crippen molar-refractivity contribution < 1.29 is 18.0 Å². The fourth-order valence-electron chi connectivity index (χ4n) is 5.94. The molecular weight excluding hydrogens is 450 g/mol. The maximum absolute atomic E-state index is 12.9. The summed E-state index contributed by atoms with van der Waals surface area (Å²) in [7, 11) is -3.62. The van der Waals surface area contributed by atoms with Gasteiger partial charge in [0.15, 0.2) is 0 Å². The van der Waals surface area contributed by atoms with Crippen LogP contribution in [0.2, 0.25) is 0 Å². The van der Waals surface area contributed by atoms with E-state index in [2.05, 4.69) is 10.0 Å². The van der Waals surface area contributed by atoms with Crippen LogP contribution in [0.4, 0.5) is 5.69 Å². The van der Waals surface area contributed by atoms with Gasteiger partial charge in [-0.2, -0.15) is 0 Å². The molecule has 188 valence electrons. The van der Waals surface area contributed by atoms with Gasteiger partial charge in [-0.3, -0.25) is 9.59 Å². The second kappa shape index (κ2) is 10.8. The molecule has 2 fully saturated rings. The molecule has 0 spiro atoms. The van der Waals surface area contributed by atoms with Crippen LogP contribution < -0.4 is 14.9 Å². The maximum Gasteiger partial charge on any atom is 0.240 e. The molecule has 1 atom stereocenters. The molecule has 8 heteroatoms. The Bertz CT molecular complexity index is 993. The zero-order valence-corrected chi connectivity index (χ0v) is 21.3. The molecule has 1 aromatic rings. The fourth-order valence-corrected chi connectivity index (χ4v) is 7.10. The predicted molar refractivity (Wildman–Crippen MR) is 133 cm³/mol. The highest BCUT2D eigenvalue weighted by Gasteiger charge is 2.31. The molecule has 1 heterocycles. The van der Waals surface area contributed by atoms with Crippen LogP contribution in [0.3, 0.4) is 0 Å². The van der Waals surface area contributed by atoms with Crippen molar-refractivity contribution in [3.63, 3.8) is 0 Å². The molecule has 2 aliphatic carbocycles. The molecule has 34 heavy (non-hydrogen) atoms. The van der Waals surface area contributed by atoms with Crippen LogP contribution in [0.1, 0.15) is 83.6 Å². The number of carbonyl (C=O) groups excluding carboxylic acids is 2. The molecule has 1 aromatic carbocycles. The number of carbonyl (C=O) groups is 2. The number of rotatable bonds is 6. The summed E-state index contributed by atoms with van der Waals surface area (Å²) in [6, 6.07) is 5.40. The van der Waals surface area contributed by atoms with Crippen molar-refractivity contribution in [1.82, 2.24) is 10.0 Å². The molecule has 2 amide bonds. The minimum atomic E-state index is -3.62. The lowest BCUT2D eigenvalue weighted by molar-refractivity contribution is -0.127. The molecule has 0 saturated heterocycles. The Kier molecular flexibility index (Phi) is 7.97. The van der Waals surface area contributed by atoms with Gasteiger partial charge in [-0.25, -0.2) is 13.1 Å². The van der Waals surface area contributed by atoms with Crippen molar-refractivity contribution in [2.75, 3.05) is 11.4 Å². The van der Waals surface area contributed by atoms with Crippen molar-refractivity contribution in [3.05, 3.63) is 23.8 Å². The molecule has 2 N–H and O–H groups in total. The van der Waals surface area contributed by atoms with Crippen LogP contribution in [0, 0.1) is 11.8 Å². The first-order valence-electron chi connectivity index (χ1n) is 13.0. The lowest BCUT2D eigenvalue weighted by Crippen LogP contribution is -2.40. The van der Waals surface area contributed by atoms with Crippen LogP contribution in [0.15, 0.2) is 23.1 Å². The topological polar surface area (TPSA) is 95.6 Å². The van der Waals surface area contributed by atoms with Gasteiger partial charge in [0, 0.05) is 37.2 Å². The highest BCUT2D eigenvalue weighted by molar-refractivity contribution is 7.89. The van der Waals surface area contributed by atoms with Gasteiger partial charge >= 0.3 is 0 Å². The smallest absolute Gasteiger partial charge is 0.240 e. The van der Waals surface area contributed by atoms with Crippen molar-refractivity contribution in [3.8, 4) is 0 Å². The largest absolute Gasteiger partial charge is 0.353 e. The third-order valence-corrected chi connectivity index (χ3v) is 9.32. The summed E-state index contributed by atoms with van der Waals surface area (Å²) in [5.41, 5.74) is 1.70. The van der Waals surface area contributed by atoms with Gasteiger partial charge < -0.3 is 10.2 Å². The van der Waals surface area contributed by atoms with Gasteiger partial charge in [-0.15, -0.1) is 0 Å². The van der Waals surface area contributed by atoms with Gasteiger partial charge in [-0.05, 0) is 81.5 Å². The molecule has 1 unspecified atom stereocenters. The quantitative estimate of drug-likeness (QED) is 0.592. The van der Waals surface area contributed by atoms with Crippen molar-refractivity contribution in [2.45, 2.75) is 101 Å². The monoisotopic (exact) mass is 489 g/mol. The van der Waals surface area contributed by atoms with E-state index in [9.17, 15) is 18.0 Å². The summed E-state index contributed by atoms with van der Waals surface area (Å²) in [5.74, 6) is 0.467. The summed E-state index contributed by atoms with van der Waals surface area (Å²) >= 11 is 0. The van der Waals surface area contributed by atoms with Gasteiger partial charge in [-0.1, -0.05) is 25.7 Å². The Labute approximate surface area is 204 Å². The molecule has 0 bridgehead atoms. The number of hydrogen-bond donors (Lipinski definition) is 2. The van der Waals surface area contributed by atoms with E-state index in [0.717, 1.165) is 49.8 Å². The Morgan fingerprint density at radius 1 is 1.00 bits per heavy atom. The summed E-state index contributed by atoms with van der Waals surface area (Å²) < 4.78 is 28.7. The standard InChI is InChI=1S/C26H39N3O4S/c1-18-15-22-16-24(13-14-25(22)29(18)19(2)30)34(32,33)27-17-20-9-11-21(12-10-20)26(31)28-23-7-5-3-4-6-8-23/h13-14,16,18,20-21,23,27H,3-12,15,17H2,1-2H3,(H,28,31). The van der Waals surface area contributed by atoms with Crippen LogP contribution in [-0.2, 0) is 26.0 Å². The molecule has 1 aliphatic heterocycles. The fraction of sp³-hybridized carbons (Fsp3) is 0.692. The number of nitrogens with one attached hydrogen (secondary N) is 2. The van der Waals surface area contributed by atoms with Crippen LogP contribution >= 0.6 is 0 Å². The third kappa shape index (κ3) is 5.82. The van der Waals surface area contributed by atoms with Gasteiger partial charge in [0.25, 0.3) is 0 Å². The molecule has 0 aromatic heterocycles. The summed E-state index contributed by atoms with van der Waals surface area (Å²) in [4.78, 5) is 26.6. The minimum absolute atomic E-state index is 0.0292. The Hall–Kier alpha value is -1.93. The van der Waals surface area contributed by atoms with E-state index >= 15 is 0 Å². The summed E-state index contributed by atoms with van der Waals surface area (Å²) in [6.07, 6.45) is 11.2. The molecule has 7 nitrogen and oxygen atoms in total. The zero-order chi connectivity index (χ0) is 24.3. The van der Waals surface area contributed by atoms with Gasteiger partial charge in [0.2, 0.25) is 21.8 Å². The number of nitrogens with zero attached hydrogens (tertiary/aromatic N) is 1. The number of amides is 2. The molecular formula is C26H39N3O4S. The number of fused-ring (bicyclic) bond motifs is 1. The van der Waals surface area contributed by atoms with Gasteiger partial charge in [0.1, 0.15) is 0 Å². The van der Waals surface area contributed by atoms with Crippen molar-refractivity contribution in [1.29, 1.82) is 0 Å². The highest BCUT2D eigenvalue weighted by atomic mass is 32.2. The minimum Gasteiger partial charge on any atom is -0.353 e. The molecule has 3 aliphatic rings. The lowest BCUT2D eigenvalue weighted by Gasteiger charge is -2.29. The third-order valence-electron chi connectivity index (χ3n) is 7.90. The number of benzene rings is 1. The van der Waals surface area contributed by atoms with E-state index in [0.29, 0.717) is 19.0 Å². The molecule has 2 saturated carbocycles. The maximum atomic E-state index is 12.9. The van der Waals surface area contributed by atoms with E-state index in [1.165, 1.54) is 32.6 Å². The first kappa shape index (κ1) is 25.2. The van der Waals surface area contributed by atoms with Crippen LogP contribution in [-0.4, -0.2) is 38.9 Å². The predicted octanol–water partition coefficient (Wildman–Crippen LogP) is 3.91. The first-order valence-corrected chi connectivity index (χ1v) is 14.5. The molecule has 0 radical (unpaired) electrons. The Morgan fingerprint density at radius 3 is 2.32 bits per heavy atom. The zero-order valence-electron chi connectivity index (χ0n) is 20.5. The first-order chi connectivity index (χ1) is 16.2. The normalized spacial score (nSPS) is 26.1.